The van der Waals surface area contributed by atoms with Crippen molar-refractivity contribution in [1.82, 2.24) is 4.90 Å². The first-order chi connectivity index (χ1) is 12.9. The number of thioether (sulfide) groups is 1. The molecule has 1 aromatic rings. The van der Waals surface area contributed by atoms with Crippen molar-refractivity contribution in [1.29, 1.82) is 0 Å². The highest BCUT2D eigenvalue weighted by Gasteiger charge is 2.71. The first-order valence-electron chi connectivity index (χ1n) is 8.96. The highest BCUT2D eigenvalue weighted by atomic mass is 32.2. The third kappa shape index (κ3) is 3.14. The van der Waals surface area contributed by atoms with Gasteiger partial charge in [-0.3, -0.25) is 14.5 Å². The molecule has 0 saturated carbocycles. The van der Waals surface area contributed by atoms with E-state index in [1.807, 2.05) is 6.26 Å². The molecule has 2 heterocycles. The van der Waals surface area contributed by atoms with Gasteiger partial charge in [0.15, 0.2) is 0 Å². The highest BCUT2D eigenvalue weighted by Crippen LogP contribution is 2.45. The second-order valence-corrected chi connectivity index (χ2v) is 7.98. The molecule has 2 aliphatic rings. The fraction of sp³-hybridized carbons (Fsp3) is 0.526. The van der Waals surface area contributed by atoms with Gasteiger partial charge in [0.2, 0.25) is 17.4 Å². The first kappa shape index (κ1) is 19.8. The van der Waals surface area contributed by atoms with E-state index in [-0.39, 0.29) is 18.4 Å². The number of quaternary nitrogens is 1. The monoisotopic (exact) mass is 395 g/mol. The van der Waals surface area contributed by atoms with E-state index in [0.717, 1.165) is 4.90 Å². The molecule has 1 aromatic carbocycles. The molecular weight excluding hydrogens is 371 g/mol. The predicted molar refractivity (Wildman–Crippen MR) is 98.2 cm³/mol. The molecule has 6 nitrogen and oxygen atoms in total. The summed E-state index contributed by atoms with van der Waals surface area (Å²) in [6.07, 6.45) is 2.32. The number of fused-ring (bicyclic) bond motifs is 1. The molecule has 0 unspecified atom stereocenters. The van der Waals surface area contributed by atoms with Crippen LogP contribution in [0, 0.1) is 17.7 Å². The summed E-state index contributed by atoms with van der Waals surface area (Å²) in [4.78, 5) is 39.9. The topological polar surface area (TPSA) is 80.3 Å². The van der Waals surface area contributed by atoms with E-state index in [4.69, 9.17) is 4.74 Å². The van der Waals surface area contributed by atoms with Gasteiger partial charge in [-0.15, -0.1) is 0 Å². The first-order valence-corrected chi connectivity index (χ1v) is 10.4. The van der Waals surface area contributed by atoms with Gasteiger partial charge in [-0.2, -0.15) is 11.8 Å². The van der Waals surface area contributed by atoms with Crippen molar-refractivity contribution in [2.75, 3.05) is 25.7 Å². The number of ether oxygens (including phenoxy) is 1. The van der Waals surface area contributed by atoms with E-state index in [0.29, 0.717) is 17.7 Å². The van der Waals surface area contributed by atoms with Crippen molar-refractivity contribution in [2.45, 2.75) is 24.9 Å². The number of carbonyl (C=O) groups is 3. The SMILES string of the molecule is CCOC(=O)[C@@]1(CCSC)[NH2+][C@@H](c2cccc(F)c2)[C@H]2C(=O)N(C)C(=O)[C@H]21. The molecule has 27 heavy (non-hydrogen) atoms. The van der Waals surface area contributed by atoms with E-state index in [1.54, 1.807) is 36.1 Å². The number of nitrogens with zero attached hydrogens (tertiary/aromatic N) is 1. The lowest BCUT2D eigenvalue weighted by molar-refractivity contribution is -0.734. The molecule has 0 aliphatic carbocycles. The number of amides is 2. The molecule has 4 atom stereocenters. The highest BCUT2D eigenvalue weighted by molar-refractivity contribution is 7.98. The Morgan fingerprint density at radius 3 is 2.74 bits per heavy atom. The fourth-order valence-corrected chi connectivity index (χ4v) is 4.90. The number of hydrogen-bond acceptors (Lipinski definition) is 5. The summed E-state index contributed by atoms with van der Waals surface area (Å²) in [5.41, 5.74) is -0.588. The Morgan fingerprint density at radius 1 is 1.37 bits per heavy atom. The second-order valence-electron chi connectivity index (χ2n) is 6.99. The number of benzene rings is 1. The number of rotatable bonds is 6. The number of hydrogen-bond donors (Lipinski definition) is 1. The van der Waals surface area contributed by atoms with Crippen LogP contribution in [0.4, 0.5) is 4.39 Å². The minimum absolute atomic E-state index is 0.188. The Bertz CT molecular complexity index is 774. The van der Waals surface area contributed by atoms with Gasteiger partial charge in [0, 0.05) is 19.0 Å². The van der Waals surface area contributed by atoms with Gasteiger partial charge in [-0.1, -0.05) is 12.1 Å². The summed E-state index contributed by atoms with van der Waals surface area (Å²) >= 11 is 1.56. The van der Waals surface area contributed by atoms with Gasteiger partial charge in [-0.05, 0) is 31.1 Å². The van der Waals surface area contributed by atoms with E-state index < -0.39 is 35.2 Å². The zero-order valence-electron chi connectivity index (χ0n) is 15.6. The van der Waals surface area contributed by atoms with Gasteiger partial charge < -0.3 is 10.1 Å². The predicted octanol–water partition coefficient (Wildman–Crippen LogP) is 0.730. The summed E-state index contributed by atoms with van der Waals surface area (Å²) in [5.74, 6) is -2.48. The Kier molecular flexibility index (Phi) is 5.58. The van der Waals surface area contributed by atoms with Gasteiger partial charge in [0.1, 0.15) is 23.7 Å². The molecule has 146 valence electrons. The molecule has 0 spiro atoms. The molecular formula is C19H24FN2O4S+. The summed E-state index contributed by atoms with van der Waals surface area (Å²) in [6, 6.07) is 5.48. The summed E-state index contributed by atoms with van der Waals surface area (Å²) in [6.45, 7) is 1.90. The maximum Gasteiger partial charge on any atom is 0.368 e. The van der Waals surface area contributed by atoms with Crippen LogP contribution >= 0.6 is 11.8 Å². The van der Waals surface area contributed by atoms with Crippen LogP contribution in [-0.2, 0) is 19.1 Å². The van der Waals surface area contributed by atoms with Crippen LogP contribution in [0.5, 0.6) is 0 Å². The van der Waals surface area contributed by atoms with Crippen LogP contribution in [0.2, 0.25) is 0 Å². The van der Waals surface area contributed by atoms with Crippen molar-refractivity contribution in [3.8, 4) is 0 Å². The average Bonchev–Trinajstić information content (AvgIpc) is 3.11. The lowest BCUT2D eigenvalue weighted by Gasteiger charge is -2.29. The molecule has 0 aromatic heterocycles. The Labute approximate surface area is 161 Å². The number of halogens is 1. The van der Waals surface area contributed by atoms with Crippen LogP contribution < -0.4 is 5.32 Å². The quantitative estimate of drug-likeness (QED) is 0.567. The molecule has 2 amide bonds. The molecule has 2 fully saturated rings. The van der Waals surface area contributed by atoms with Gasteiger partial charge in [0.05, 0.1) is 6.61 Å². The largest absolute Gasteiger partial charge is 0.461 e. The Morgan fingerprint density at radius 2 is 2.11 bits per heavy atom. The maximum absolute atomic E-state index is 13.8. The van der Waals surface area contributed by atoms with Crippen LogP contribution in [0.3, 0.4) is 0 Å². The van der Waals surface area contributed by atoms with E-state index in [2.05, 4.69) is 0 Å². The standard InChI is InChI=1S/C19H23FN2O4S/c1-4-26-18(25)19(8-9-27-3)14-13(16(23)22(2)17(14)24)15(21-19)11-6-5-7-12(20)10-11/h5-7,10,13-15,21H,4,8-9H2,1-3H3/p+1/t13-,14-,15-,19-/m0/s1. The molecule has 8 heteroatoms. The van der Waals surface area contributed by atoms with Crippen molar-refractivity contribution >= 4 is 29.5 Å². The van der Waals surface area contributed by atoms with Crippen LogP contribution in [0.25, 0.3) is 0 Å². The average molecular weight is 395 g/mol. The summed E-state index contributed by atoms with van der Waals surface area (Å²) in [7, 11) is 1.44. The van der Waals surface area contributed by atoms with Crippen molar-refractivity contribution in [2.24, 2.45) is 11.8 Å². The van der Waals surface area contributed by atoms with E-state index in [1.165, 1.54) is 19.2 Å². The van der Waals surface area contributed by atoms with Crippen LogP contribution in [0.1, 0.15) is 24.9 Å². The lowest BCUT2D eigenvalue weighted by atomic mass is 9.78. The number of imide groups is 1. The summed E-state index contributed by atoms with van der Waals surface area (Å²) in [5, 5.41) is 1.77. The van der Waals surface area contributed by atoms with E-state index in [9.17, 15) is 18.8 Å². The second kappa shape index (κ2) is 7.59. The lowest BCUT2D eigenvalue weighted by Crippen LogP contribution is -2.98. The van der Waals surface area contributed by atoms with Crippen molar-refractivity contribution in [3.63, 3.8) is 0 Å². The zero-order valence-corrected chi connectivity index (χ0v) is 16.4. The minimum Gasteiger partial charge on any atom is -0.461 e. The van der Waals surface area contributed by atoms with E-state index >= 15 is 0 Å². The van der Waals surface area contributed by atoms with Crippen molar-refractivity contribution in [3.05, 3.63) is 35.6 Å². The van der Waals surface area contributed by atoms with Crippen LogP contribution in [-0.4, -0.2) is 53.9 Å². The van der Waals surface area contributed by atoms with Gasteiger partial charge >= 0.3 is 5.97 Å². The summed E-state index contributed by atoms with van der Waals surface area (Å²) < 4.78 is 19.1. The zero-order chi connectivity index (χ0) is 19.8. The molecule has 3 rings (SSSR count). The Hall–Kier alpha value is -1.93. The number of nitrogens with two attached hydrogens (primary N) is 1. The molecule has 0 radical (unpaired) electrons. The van der Waals surface area contributed by atoms with Crippen molar-refractivity contribution < 1.29 is 28.8 Å². The third-order valence-corrected chi connectivity index (χ3v) is 6.21. The van der Waals surface area contributed by atoms with Gasteiger partial charge in [0.25, 0.3) is 0 Å². The molecule has 2 saturated heterocycles. The smallest absolute Gasteiger partial charge is 0.368 e. The van der Waals surface area contributed by atoms with Crippen LogP contribution in [0.15, 0.2) is 24.3 Å². The molecule has 0 bridgehead atoms. The van der Waals surface area contributed by atoms with Gasteiger partial charge in [-0.25, -0.2) is 9.18 Å². The third-order valence-electron chi connectivity index (χ3n) is 5.60. The maximum atomic E-state index is 13.8. The minimum atomic E-state index is -1.18. The molecule has 2 N–H and O–H groups in total. The number of carbonyl (C=O) groups excluding carboxylic acids is 3. The Balaban J connectivity index is 2.12. The molecule has 2 aliphatic heterocycles. The number of esters is 1. The normalized spacial score (nSPS) is 29.9. The number of likely N-dealkylation sites (tertiary alicyclic amines) is 1. The fourth-order valence-electron chi connectivity index (χ4n) is 4.36.